The quantitative estimate of drug-likeness (QED) is 0.828. The maximum absolute atomic E-state index is 5.68. The molecule has 3 unspecified atom stereocenters. The molecular weight excluding hydrogens is 248 g/mol. The molecule has 2 fully saturated rings. The normalized spacial score (nSPS) is 28.6. The number of fused-ring (bicyclic) bond motifs is 2. The van der Waals surface area contributed by atoms with Gasteiger partial charge in [-0.25, -0.2) is 0 Å². The number of rotatable bonds is 7. The van der Waals surface area contributed by atoms with Crippen molar-refractivity contribution in [2.45, 2.75) is 45.7 Å². The van der Waals surface area contributed by atoms with E-state index in [2.05, 4.69) is 30.3 Å². The third-order valence-electron chi connectivity index (χ3n) is 5.14. The lowest BCUT2D eigenvalue weighted by molar-refractivity contribution is 0.204. The summed E-state index contributed by atoms with van der Waals surface area (Å²) in [6.45, 7) is 6.23. The van der Waals surface area contributed by atoms with E-state index in [9.17, 15) is 0 Å². The monoisotopic (exact) mass is 276 g/mol. The summed E-state index contributed by atoms with van der Waals surface area (Å²) >= 11 is 0. The average Bonchev–Trinajstić information content (AvgIpc) is 3.12. The molecular formula is C17H28N2O. The molecule has 0 aliphatic heterocycles. The highest BCUT2D eigenvalue weighted by Gasteiger charge is 2.39. The number of nitrogens with one attached hydrogen (secondary N) is 1. The molecule has 2 saturated carbocycles. The van der Waals surface area contributed by atoms with E-state index in [4.69, 9.17) is 4.42 Å². The summed E-state index contributed by atoms with van der Waals surface area (Å²) < 4.78 is 5.68. The Kier molecular flexibility index (Phi) is 4.47. The smallest absolute Gasteiger partial charge is 0.118 e. The van der Waals surface area contributed by atoms with Gasteiger partial charge in [-0.05, 0) is 56.7 Å². The maximum Gasteiger partial charge on any atom is 0.118 e. The summed E-state index contributed by atoms with van der Waals surface area (Å²) in [5.41, 5.74) is 1.26. The van der Waals surface area contributed by atoms with Crippen molar-refractivity contribution in [1.82, 2.24) is 10.2 Å². The van der Waals surface area contributed by atoms with Gasteiger partial charge in [-0.1, -0.05) is 13.3 Å². The zero-order valence-corrected chi connectivity index (χ0v) is 12.9. The minimum atomic E-state index is 0.913. The van der Waals surface area contributed by atoms with Gasteiger partial charge < -0.3 is 9.73 Å². The van der Waals surface area contributed by atoms with Crippen molar-refractivity contribution in [1.29, 1.82) is 0 Å². The third kappa shape index (κ3) is 3.26. The van der Waals surface area contributed by atoms with Crippen LogP contribution >= 0.6 is 0 Å². The molecule has 1 heterocycles. The molecule has 1 aromatic heterocycles. The van der Waals surface area contributed by atoms with E-state index >= 15 is 0 Å². The zero-order chi connectivity index (χ0) is 13.9. The average molecular weight is 276 g/mol. The lowest BCUT2D eigenvalue weighted by Crippen LogP contribution is -2.28. The van der Waals surface area contributed by atoms with Crippen LogP contribution in [0.1, 0.15) is 43.9 Å². The molecule has 0 aromatic carbocycles. The Labute approximate surface area is 122 Å². The predicted octanol–water partition coefficient (Wildman–Crippen LogP) is 3.26. The Bertz CT molecular complexity index is 428. The highest BCUT2D eigenvalue weighted by atomic mass is 16.3. The lowest BCUT2D eigenvalue weighted by Gasteiger charge is -2.26. The second kappa shape index (κ2) is 6.31. The van der Waals surface area contributed by atoms with Crippen molar-refractivity contribution in [3.05, 3.63) is 23.7 Å². The Morgan fingerprint density at radius 2 is 2.25 bits per heavy atom. The number of hydrogen-bond donors (Lipinski definition) is 1. The van der Waals surface area contributed by atoms with E-state index in [0.29, 0.717) is 0 Å². The van der Waals surface area contributed by atoms with Crippen LogP contribution in [0.15, 0.2) is 16.7 Å². The summed E-state index contributed by atoms with van der Waals surface area (Å²) in [4.78, 5) is 2.45. The molecule has 112 valence electrons. The largest absolute Gasteiger partial charge is 0.468 e. The van der Waals surface area contributed by atoms with E-state index < -0.39 is 0 Å². The van der Waals surface area contributed by atoms with Crippen LogP contribution < -0.4 is 5.32 Å². The van der Waals surface area contributed by atoms with Gasteiger partial charge in [0.15, 0.2) is 0 Å². The van der Waals surface area contributed by atoms with Crippen molar-refractivity contribution in [2.24, 2.45) is 17.8 Å². The summed E-state index contributed by atoms with van der Waals surface area (Å²) in [7, 11) is 2.23. The van der Waals surface area contributed by atoms with Gasteiger partial charge in [-0.2, -0.15) is 0 Å². The first-order valence-electron chi connectivity index (χ1n) is 8.20. The van der Waals surface area contributed by atoms with Crippen molar-refractivity contribution in [3.63, 3.8) is 0 Å². The van der Waals surface area contributed by atoms with Crippen molar-refractivity contribution >= 4 is 0 Å². The van der Waals surface area contributed by atoms with E-state index in [-0.39, 0.29) is 0 Å². The molecule has 3 nitrogen and oxygen atoms in total. The van der Waals surface area contributed by atoms with Crippen LogP contribution in [0.4, 0.5) is 0 Å². The second-order valence-corrected chi connectivity index (χ2v) is 6.83. The topological polar surface area (TPSA) is 28.4 Å². The highest BCUT2D eigenvalue weighted by molar-refractivity contribution is 5.12. The number of nitrogens with zero attached hydrogens (tertiary/aromatic N) is 1. The van der Waals surface area contributed by atoms with Crippen LogP contribution in [0.5, 0.6) is 0 Å². The van der Waals surface area contributed by atoms with Gasteiger partial charge in [0.05, 0.1) is 12.8 Å². The highest BCUT2D eigenvalue weighted by Crippen LogP contribution is 2.48. The molecule has 0 spiro atoms. The van der Waals surface area contributed by atoms with Gasteiger partial charge >= 0.3 is 0 Å². The van der Waals surface area contributed by atoms with Crippen molar-refractivity contribution in [2.75, 3.05) is 20.1 Å². The SMILES string of the molecule is CCNCc1coc(CN(C)CC2CC3CCC2C3)c1. The van der Waals surface area contributed by atoms with Crippen LogP contribution in [0, 0.1) is 17.8 Å². The Hall–Kier alpha value is -0.800. The summed E-state index contributed by atoms with van der Waals surface area (Å²) in [5.74, 6) is 4.11. The van der Waals surface area contributed by atoms with Crippen molar-refractivity contribution < 1.29 is 4.42 Å². The van der Waals surface area contributed by atoms with Gasteiger partial charge in [-0.3, -0.25) is 4.90 Å². The van der Waals surface area contributed by atoms with Gasteiger partial charge in [0.1, 0.15) is 5.76 Å². The molecule has 0 radical (unpaired) electrons. The molecule has 0 amide bonds. The molecule has 1 N–H and O–H groups in total. The summed E-state index contributed by atoms with van der Waals surface area (Å²) in [6.07, 6.45) is 7.85. The fourth-order valence-electron chi connectivity index (χ4n) is 4.20. The summed E-state index contributed by atoms with van der Waals surface area (Å²) in [6, 6.07) is 2.19. The molecule has 1 aromatic rings. The Balaban J connectivity index is 1.46. The first-order chi connectivity index (χ1) is 9.74. The zero-order valence-electron chi connectivity index (χ0n) is 12.9. The second-order valence-electron chi connectivity index (χ2n) is 6.83. The van der Waals surface area contributed by atoms with Gasteiger partial charge in [-0.15, -0.1) is 0 Å². The minimum Gasteiger partial charge on any atom is -0.468 e. The van der Waals surface area contributed by atoms with Gasteiger partial charge in [0.2, 0.25) is 0 Å². The fourth-order valence-corrected chi connectivity index (χ4v) is 4.20. The van der Waals surface area contributed by atoms with E-state index in [1.165, 1.54) is 37.8 Å². The Morgan fingerprint density at radius 1 is 1.35 bits per heavy atom. The van der Waals surface area contributed by atoms with Crippen LogP contribution in [0.2, 0.25) is 0 Å². The fraction of sp³-hybridized carbons (Fsp3) is 0.765. The maximum atomic E-state index is 5.68. The minimum absolute atomic E-state index is 0.913. The lowest BCUT2D eigenvalue weighted by atomic mass is 9.88. The van der Waals surface area contributed by atoms with Crippen LogP contribution in [0.3, 0.4) is 0 Å². The van der Waals surface area contributed by atoms with E-state index in [1.807, 2.05) is 6.26 Å². The first-order valence-corrected chi connectivity index (χ1v) is 8.20. The predicted molar refractivity (Wildman–Crippen MR) is 81.4 cm³/mol. The molecule has 20 heavy (non-hydrogen) atoms. The third-order valence-corrected chi connectivity index (χ3v) is 5.14. The molecule has 0 saturated heterocycles. The molecule has 2 aliphatic rings. The molecule has 3 heteroatoms. The van der Waals surface area contributed by atoms with Crippen LogP contribution in [0.25, 0.3) is 0 Å². The molecule has 2 aliphatic carbocycles. The molecule has 3 atom stereocenters. The van der Waals surface area contributed by atoms with E-state index in [1.54, 1.807) is 0 Å². The first kappa shape index (κ1) is 14.2. The molecule has 3 rings (SSSR count). The van der Waals surface area contributed by atoms with Crippen LogP contribution in [-0.2, 0) is 13.1 Å². The van der Waals surface area contributed by atoms with Gasteiger partial charge in [0, 0.05) is 18.7 Å². The number of furan rings is 1. The van der Waals surface area contributed by atoms with E-state index in [0.717, 1.165) is 43.1 Å². The standard InChI is InChI=1S/C17H28N2O/c1-3-18-9-14-8-17(20-12-14)11-19(2)10-16-7-13-4-5-15(16)6-13/h8,12-13,15-16,18H,3-7,9-11H2,1-2H3. The number of hydrogen-bond acceptors (Lipinski definition) is 3. The van der Waals surface area contributed by atoms with Crippen LogP contribution in [-0.4, -0.2) is 25.0 Å². The van der Waals surface area contributed by atoms with Crippen molar-refractivity contribution in [3.8, 4) is 0 Å². The van der Waals surface area contributed by atoms with Gasteiger partial charge in [0.25, 0.3) is 0 Å². The Morgan fingerprint density at radius 3 is 2.95 bits per heavy atom. The molecule has 2 bridgehead atoms. The summed E-state index contributed by atoms with van der Waals surface area (Å²) in [5, 5.41) is 3.33.